The highest BCUT2D eigenvalue weighted by Gasteiger charge is 2.31. The largest absolute Gasteiger partial charge is 0.198 e. The molecule has 1 aliphatic carbocycles. The predicted molar refractivity (Wildman–Crippen MR) is 58.7 cm³/mol. The van der Waals surface area contributed by atoms with E-state index in [0.29, 0.717) is 0 Å². The zero-order valence-electron chi connectivity index (χ0n) is 8.51. The Morgan fingerprint density at radius 3 is 2.54 bits per heavy atom. The van der Waals surface area contributed by atoms with Crippen molar-refractivity contribution in [3.8, 4) is 6.07 Å². The van der Waals surface area contributed by atoms with Crippen LogP contribution in [0, 0.1) is 16.7 Å². The van der Waals surface area contributed by atoms with Gasteiger partial charge in [0, 0.05) is 0 Å². The Labute approximate surface area is 85.9 Å². The van der Waals surface area contributed by atoms with Crippen molar-refractivity contribution in [1.29, 1.82) is 5.26 Å². The number of hydrogen-bond donors (Lipinski definition) is 0. The Balaban J connectivity index is 2.35. The minimum absolute atomic E-state index is 0.0560. The minimum atomic E-state index is 0.0560. The van der Waals surface area contributed by atoms with Gasteiger partial charge in [-0.15, -0.1) is 0 Å². The Morgan fingerprint density at radius 2 is 2.00 bits per heavy atom. The lowest BCUT2D eigenvalue weighted by atomic mass is 9.73. The molecule has 2 heteroatoms. The van der Waals surface area contributed by atoms with Gasteiger partial charge in [0.25, 0.3) is 0 Å². The van der Waals surface area contributed by atoms with Crippen LogP contribution in [0.4, 0.5) is 0 Å². The summed E-state index contributed by atoms with van der Waals surface area (Å²) in [6.45, 7) is 2.19. The third-order valence-electron chi connectivity index (χ3n) is 2.98. The molecule has 1 fully saturated rings. The van der Waals surface area contributed by atoms with E-state index in [1.807, 2.05) is 11.8 Å². The van der Waals surface area contributed by atoms with E-state index >= 15 is 0 Å². The average molecular weight is 197 g/mol. The van der Waals surface area contributed by atoms with Crippen LogP contribution in [0.2, 0.25) is 0 Å². The lowest BCUT2D eigenvalue weighted by Gasteiger charge is -2.30. The molecule has 0 saturated heterocycles. The van der Waals surface area contributed by atoms with Crippen LogP contribution < -0.4 is 0 Å². The number of nitriles is 1. The number of thioether (sulfide) groups is 1. The summed E-state index contributed by atoms with van der Waals surface area (Å²) in [6.07, 6.45) is 7.28. The van der Waals surface area contributed by atoms with Gasteiger partial charge in [0.05, 0.1) is 11.5 Å². The smallest absolute Gasteiger partial charge is 0.0690 e. The highest BCUT2D eigenvalue weighted by molar-refractivity contribution is 7.99. The molecule has 0 N–H and O–H groups in total. The van der Waals surface area contributed by atoms with E-state index in [9.17, 15) is 5.26 Å². The first kappa shape index (κ1) is 10.9. The predicted octanol–water partition coefficient (Wildman–Crippen LogP) is 3.60. The van der Waals surface area contributed by atoms with Crippen LogP contribution in [-0.2, 0) is 0 Å². The first-order valence-corrected chi connectivity index (χ1v) is 6.47. The van der Waals surface area contributed by atoms with E-state index in [-0.39, 0.29) is 5.41 Å². The van der Waals surface area contributed by atoms with Crippen molar-refractivity contribution in [1.82, 2.24) is 0 Å². The van der Waals surface area contributed by atoms with E-state index in [0.717, 1.165) is 19.3 Å². The summed E-state index contributed by atoms with van der Waals surface area (Å²) in [5.41, 5.74) is 0.0560. The Hall–Kier alpha value is -0.160. The number of nitrogens with zero attached hydrogens (tertiary/aromatic N) is 1. The van der Waals surface area contributed by atoms with Crippen molar-refractivity contribution in [3.63, 3.8) is 0 Å². The lowest BCUT2D eigenvalue weighted by molar-refractivity contribution is 0.261. The summed E-state index contributed by atoms with van der Waals surface area (Å²) in [5, 5.41) is 9.18. The Kier molecular flexibility index (Phi) is 4.66. The van der Waals surface area contributed by atoms with Crippen LogP contribution in [0.25, 0.3) is 0 Å². The van der Waals surface area contributed by atoms with Crippen molar-refractivity contribution in [2.45, 2.75) is 45.4 Å². The molecule has 0 radical (unpaired) electrons. The molecule has 0 heterocycles. The van der Waals surface area contributed by atoms with Crippen LogP contribution in [0.3, 0.4) is 0 Å². The van der Waals surface area contributed by atoms with Gasteiger partial charge in [-0.2, -0.15) is 17.0 Å². The van der Waals surface area contributed by atoms with Gasteiger partial charge in [0.1, 0.15) is 0 Å². The Bertz CT molecular complexity index is 177. The van der Waals surface area contributed by atoms with Crippen molar-refractivity contribution in [2.24, 2.45) is 5.41 Å². The molecule has 0 aliphatic heterocycles. The lowest BCUT2D eigenvalue weighted by Crippen LogP contribution is -2.22. The molecule has 0 atom stereocenters. The molecule has 0 aromatic heterocycles. The minimum Gasteiger partial charge on any atom is -0.198 e. The van der Waals surface area contributed by atoms with Crippen LogP contribution in [0.1, 0.15) is 45.4 Å². The topological polar surface area (TPSA) is 23.8 Å². The van der Waals surface area contributed by atoms with E-state index in [4.69, 9.17) is 0 Å². The summed E-state index contributed by atoms with van der Waals surface area (Å²) in [4.78, 5) is 0. The molecule has 0 bridgehead atoms. The number of hydrogen-bond acceptors (Lipinski definition) is 2. The second kappa shape index (κ2) is 5.54. The van der Waals surface area contributed by atoms with Gasteiger partial charge in [-0.1, -0.05) is 26.2 Å². The van der Waals surface area contributed by atoms with E-state index in [1.165, 1.54) is 30.8 Å². The fourth-order valence-electron chi connectivity index (χ4n) is 2.06. The molecule has 0 aromatic rings. The third kappa shape index (κ3) is 3.23. The zero-order chi connectivity index (χ0) is 9.57. The van der Waals surface area contributed by atoms with Crippen LogP contribution in [0.5, 0.6) is 0 Å². The van der Waals surface area contributed by atoms with Crippen LogP contribution >= 0.6 is 11.8 Å². The summed E-state index contributed by atoms with van der Waals surface area (Å²) in [5.74, 6) is 2.35. The summed E-state index contributed by atoms with van der Waals surface area (Å²) >= 11 is 1.96. The third-order valence-corrected chi connectivity index (χ3v) is 3.88. The molecule has 0 amide bonds. The standard InChI is InChI=1S/C11H19NS/c1-2-13-9-8-11(10-12)6-4-3-5-7-11/h2-9H2,1H3. The zero-order valence-corrected chi connectivity index (χ0v) is 9.33. The molecule has 1 aliphatic rings. The van der Waals surface area contributed by atoms with Gasteiger partial charge < -0.3 is 0 Å². The van der Waals surface area contributed by atoms with Gasteiger partial charge in [-0.25, -0.2) is 0 Å². The second-order valence-electron chi connectivity index (χ2n) is 3.90. The molecule has 0 spiro atoms. The van der Waals surface area contributed by atoms with Crippen LogP contribution in [0.15, 0.2) is 0 Å². The van der Waals surface area contributed by atoms with E-state index in [1.54, 1.807) is 0 Å². The van der Waals surface area contributed by atoms with Gasteiger partial charge >= 0.3 is 0 Å². The van der Waals surface area contributed by atoms with E-state index < -0.39 is 0 Å². The quantitative estimate of drug-likeness (QED) is 0.643. The molecule has 74 valence electrons. The van der Waals surface area contributed by atoms with Crippen molar-refractivity contribution >= 4 is 11.8 Å². The summed E-state index contributed by atoms with van der Waals surface area (Å²) in [6, 6.07) is 2.56. The average Bonchev–Trinajstić information content (AvgIpc) is 2.20. The van der Waals surface area contributed by atoms with Gasteiger partial charge in [-0.05, 0) is 30.8 Å². The SMILES string of the molecule is CCSCCC1(C#N)CCCCC1. The van der Waals surface area contributed by atoms with Gasteiger partial charge in [-0.3, -0.25) is 0 Å². The first-order valence-electron chi connectivity index (χ1n) is 5.32. The highest BCUT2D eigenvalue weighted by atomic mass is 32.2. The maximum atomic E-state index is 9.18. The maximum absolute atomic E-state index is 9.18. The molecular weight excluding hydrogens is 178 g/mol. The molecule has 0 aromatic carbocycles. The second-order valence-corrected chi connectivity index (χ2v) is 5.29. The normalized spacial score (nSPS) is 20.9. The van der Waals surface area contributed by atoms with Crippen molar-refractivity contribution in [2.75, 3.05) is 11.5 Å². The molecule has 1 nitrogen and oxygen atoms in total. The van der Waals surface area contributed by atoms with E-state index in [2.05, 4.69) is 13.0 Å². The number of rotatable bonds is 4. The highest BCUT2D eigenvalue weighted by Crippen LogP contribution is 2.39. The first-order chi connectivity index (χ1) is 6.33. The molecule has 1 saturated carbocycles. The van der Waals surface area contributed by atoms with Crippen molar-refractivity contribution in [3.05, 3.63) is 0 Å². The summed E-state index contributed by atoms with van der Waals surface area (Å²) in [7, 11) is 0. The molecule has 1 rings (SSSR count). The molecule has 0 unspecified atom stereocenters. The van der Waals surface area contributed by atoms with Gasteiger partial charge in [0.2, 0.25) is 0 Å². The summed E-state index contributed by atoms with van der Waals surface area (Å²) < 4.78 is 0. The monoisotopic (exact) mass is 197 g/mol. The fourth-order valence-corrected chi connectivity index (χ4v) is 2.88. The molecular formula is C11H19NS. The van der Waals surface area contributed by atoms with Crippen molar-refractivity contribution < 1.29 is 0 Å². The van der Waals surface area contributed by atoms with Gasteiger partial charge in [0.15, 0.2) is 0 Å². The maximum Gasteiger partial charge on any atom is 0.0690 e. The van der Waals surface area contributed by atoms with Crippen LogP contribution in [-0.4, -0.2) is 11.5 Å². The Morgan fingerprint density at radius 1 is 1.31 bits per heavy atom. The molecule has 13 heavy (non-hydrogen) atoms. The fraction of sp³-hybridized carbons (Fsp3) is 0.909.